The molecule has 6 heteroatoms. The molecule has 0 spiro atoms. The molecule has 0 amide bonds. The lowest BCUT2D eigenvalue weighted by Gasteiger charge is -2.10. The number of rotatable bonds is 6. The Morgan fingerprint density at radius 2 is 2.25 bits per heavy atom. The largest absolute Gasteiger partial charge is 0.478 e. The topological polar surface area (TPSA) is 67.2 Å². The fourth-order valence-electron chi connectivity index (χ4n) is 1.95. The molecule has 0 saturated carbocycles. The number of aromatic carboxylic acids is 1. The molecule has 20 heavy (non-hydrogen) atoms. The normalized spacial score (nSPS) is 9.85. The van der Waals surface area contributed by atoms with E-state index in [0.717, 1.165) is 24.3 Å². The van der Waals surface area contributed by atoms with Gasteiger partial charge >= 0.3 is 5.97 Å². The molecule has 0 atom stereocenters. The number of imidazole rings is 1. The Bertz CT molecular complexity index is 556. The maximum absolute atomic E-state index is 11.0. The summed E-state index contributed by atoms with van der Waals surface area (Å²) in [4.78, 5) is 15.0. The summed E-state index contributed by atoms with van der Waals surface area (Å²) >= 11 is 0. The molecule has 0 bridgehead atoms. The number of carbonyl (C=O) groups is 1. The Morgan fingerprint density at radius 3 is 2.85 bits per heavy atom. The van der Waals surface area contributed by atoms with E-state index < -0.39 is 5.97 Å². The van der Waals surface area contributed by atoms with Crippen molar-refractivity contribution in [3.8, 4) is 0 Å². The molecule has 5 nitrogen and oxygen atoms in total. The Kier molecular flexibility index (Phi) is 6.06. The van der Waals surface area contributed by atoms with E-state index >= 15 is 0 Å². The fraction of sp³-hybridized carbons (Fsp3) is 0.286. The van der Waals surface area contributed by atoms with Crippen molar-refractivity contribution in [3.63, 3.8) is 0 Å². The van der Waals surface area contributed by atoms with E-state index in [1.807, 2.05) is 23.8 Å². The average Bonchev–Trinajstić information content (AvgIpc) is 2.91. The van der Waals surface area contributed by atoms with E-state index in [9.17, 15) is 4.79 Å². The van der Waals surface area contributed by atoms with Crippen LogP contribution in [0.15, 0.2) is 36.9 Å². The average molecular weight is 296 g/mol. The number of nitrogens with one attached hydrogen (secondary N) is 1. The molecule has 0 unspecified atom stereocenters. The quantitative estimate of drug-likeness (QED) is 0.860. The van der Waals surface area contributed by atoms with Crippen molar-refractivity contribution in [3.05, 3.63) is 48.0 Å². The minimum atomic E-state index is -0.873. The Morgan fingerprint density at radius 1 is 1.45 bits per heavy atom. The van der Waals surface area contributed by atoms with Gasteiger partial charge in [0.25, 0.3) is 0 Å². The summed E-state index contributed by atoms with van der Waals surface area (Å²) in [5.41, 5.74) is 2.17. The van der Waals surface area contributed by atoms with Crippen molar-refractivity contribution in [1.29, 1.82) is 0 Å². The van der Waals surface area contributed by atoms with Crippen LogP contribution in [0.2, 0.25) is 0 Å². The minimum absolute atomic E-state index is 0. The van der Waals surface area contributed by atoms with E-state index in [1.165, 1.54) is 0 Å². The van der Waals surface area contributed by atoms with Crippen molar-refractivity contribution in [1.82, 2.24) is 9.55 Å². The number of carboxylic acids is 1. The van der Waals surface area contributed by atoms with Gasteiger partial charge in [0, 0.05) is 31.2 Å². The van der Waals surface area contributed by atoms with Crippen LogP contribution in [0.25, 0.3) is 0 Å². The zero-order valence-electron chi connectivity index (χ0n) is 11.2. The number of aromatic nitrogens is 2. The number of aryl methyl sites for hydroxylation is 1. The highest BCUT2D eigenvalue weighted by Crippen LogP contribution is 2.16. The van der Waals surface area contributed by atoms with Crippen LogP contribution in [0.5, 0.6) is 0 Å². The fourth-order valence-corrected chi connectivity index (χ4v) is 1.95. The second-order valence-electron chi connectivity index (χ2n) is 4.26. The van der Waals surface area contributed by atoms with Crippen LogP contribution in [-0.4, -0.2) is 27.2 Å². The highest BCUT2D eigenvalue weighted by atomic mass is 35.5. The predicted octanol–water partition coefficient (Wildman–Crippen LogP) is 2.68. The predicted molar refractivity (Wildman–Crippen MR) is 80.7 cm³/mol. The van der Waals surface area contributed by atoms with Crippen LogP contribution in [0, 0.1) is 0 Å². The summed E-state index contributed by atoms with van der Waals surface area (Å²) in [6.45, 7) is 3.55. The molecule has 2 N–H and O–H groups in total. The van der Waals surface area contributed by atoms with E-state index in [2.05, 4.69) is 10.3 Å². The van der Waals surface area contributed by atoms with Crippen molar-refractivity contribution < 1.29 is 9.90 Å². The van der Waals surface area contributed by atoms with Crippen LogP contribution >= 0.6 is 12.4 Å². The van der Waals surface area contributed by atoms with Gasteiger partial charge in [0.15, 0.2) is 0 Å². The summed E-state index contributed by atoms with van der Waals surface area (Å²) in [7, 11) is 0. The minimum Gasteiger partial charge on any atom is -0.478 e. The molecule has 0 radical (unpaired) electrons. The molecule has 1 heterocycles. The maximum atomic E-state index is 11.0. The molecule has 0 aliphatic carbocycles. The number of hydrogen-bond acceptors (Lipinski definition) is 3. The summed E-state index contributed by atoms with van der Waals surface area (Å²) in [5, 5.41) is 12.3. The molecule has 1 aromatic heterocycles. The molecule has 0 fully saturated rings. The van der Waals surface area contributed by atoms with Crippen LogP contribution in [0.3, 0.4) is 0 Å². The number of anilines is 1. The highest BCUT2D eigenvalue weighted by Gasteiger charge is 2.08. The number of benzene rings is 1. The monoisotopic (exact) mass is 295 g/mol. The van der Waals surface area contributed by atoms with Crippen LogP contribution < -0.4 is 5.32 Å². The lowest BCUT2D eigenvalue weighted by atomic mass is 10.0. The van der Waals surface area contributed by atoms with Crippen LogP contribution in [0.4, 0.5) is 5.69 Å². The number of hydrogen-bond donors (Lipinski definition) is 2. The van der Waals surface area contributed by atoms with Gasteiger partial charge in [-0.25, -0.2) is 9.78 Å². The second-order valence-corrected chi connectivity index (χ2v) is 4.26. The van der Waals surface area contributed by atoms with Gasteiger partial charge in [0.2, 0.25) is 0 Å². The molecule has 2 rings (SSSR count). The van der Waals surface area contributed by atoms with Gasteiger partial charge in [-0.1, -0.05) is 6.92 Å². The van der Waals surface area contributed by atoms with Gasteiger partial charge in [-0.2, -0.15) is 0 Å². The van der Waals surface area contributed by atoms with Crippen molar-refractivity contribution >= 4 is 24.1 Å². The first-order valence-corrected chi connectivity index (χ1v) is 6.26. The zero-order chi connectivity index (χ0) is 13.7. The summed E-state index contributed by atoms with van der Waals surface area (Å²) in [6, 6.07) is 5.36. The third-order valence-electron chi connectivity index (χ3n) is 2.97. The Balaban J connectivity index is 0.00000200. The van der Waals surface area contributed by atoms with E-state index in [0.29, 0.717) is 12.0 Å². The van der Waals surface area contributed by atoms with Crippen molar-refractivity contribution in [2.45, 2.75) is 19.9 Å². The molecular formula is C14H18ClN3O2. The van der Waals surface area contributed by atoms with Crippen molar-refractivity contribution in [2.24, 2.45) is 0 Å². The van der Waals surface area contributed by atoms with Crippen molar-refractivity contribution in [2.75, 3.05) is 11.9 Å². The first-order chi connectivity index (χ1) is 9.20. The molecule has 0 aliphatic rings. The van der Waals surface area contributed by atoms with Gasteiger partial charge in [-0.15, -0.1) is 12.4 Å². The smallest absolute Gasteiger partial charge is 0.335 e. The molecular weight excluding hydrogens is 278 g/mol. The second kappa shape index (κ2) is 7.55. The van der Waals surface area contributed by atoms with Gasteiger partial charge in [0.1, 0.15) is 0 Å². The lowest BCUT2D eigenvalue weighted by molar-refractivity contribution is 0.0696. The third-order valence-corrected chi connectivity index (χ3v) is 2.97. The summed E-state index contributed by atoms with van der Waals surface area (Å²) in [5.74, 6) is -0.873. The molecule has 108 valence electrons. The van der Waals surface area contributed by atoms with Crippen LogP contribution in [-0.2, 0) is 13.0 Å². The van der Waals surface area contributed by atoms with Gasteiger partial charge < -0.3 is 15.0 Å². The molecule has 0 aliphatic heterocycles. The first-order valence-electron chi connectivity index (χ1n) is 6.26. The molecule has 1 aromatic carbocycles. The lowest BCUT2D eigenvalue weighted by Crippen LogP contribution is -2.10. The molecule has 2 aromatic rings. The van der Waals surface area contributed by atoms with Gasteiger partial charge in [-0.05, 0) is 30.2 Å². The zero-order valence-corrected chi connectivity index (χ0v) is 12.1. The standard InChI is InChI=1S/C14H17N3O2.ClH/c1-2-11-9-12(3-4-13(11)14(18)19)16-6-8-17-7-5-15-10-17;/h3-5,7,9-10,16H,2,6,8H2,1H3,(H,18,19);1H. The van der Waals surface area contributed by atoms with Gasteiger partial charge in [0.05, 0.1) is 11.9 Å². The Labute approximate surface area is 124 Å². The third kappa shape index (κ3) is 3.99. The first kappa shape index (κ1) is 16.0. The van der Waals surface area contributed by atoms with Gasteiger partial charge in [-0.3, -0.25) is 0 Å². The van der Waals surface area contributed by atoms with E-state index in [4.69, 9.17) is 5.11 Å². The van der Waals surface area contributed by atoms with Crippen LogP contribution in [0.1, 0.15) is 22.8 Å². The number of halogens is 1. The maximum Gasteiger partial charge on any atom is 0.335 e. The van der Waals surface area contributed by atoms with E-state index in [-0.39, 0.29) is 12.4 Å². The highest BCUT2D eigenvalue weighted by molar-refractivity contribution is 5.90. The summed E-state index contributed by atoms with van der Waals surface area (Å²) in [6.07, 6.45) is 6.13. The Hall–Kier alpha value is -2.01. The number of carboxylic acid groups (broad SMARTS) is 1. The summed E-state index contributed by atoms with van der Waals surface area (Å²) < 4.78 is 1.99. The van der Waals surface area contributed by atoms with E-state index in [1.54, 1.807) is 24.7 Å². The SMILES string of the molecule is CCc1cc(NCCn2ccnc2)ccc1C(=O)O.Cl. The number of nitrogens with zero attached hydrogens (tertiary/aromatic N) is 2. The molecule has 0 saturated heterocycles.